The van der Waals surface area contributed by atoms with Gasteiger partial charge >= 0.3 is 0 Å². The molecule has 1 saturated heterocycles. The molecule has 0 bridgehead atoms. The van der Waals surface area contributed by atoms with Crippen LogP contribution in [-0.2, 0) is 13.0 Å². The maximum absolute atomic E-state index is 4.59. The Bertz CT molecular complexity index is 837. The normalized spacial score (nSPS) is 18.1. The Kier molecular flexibility index (Phi) is 4.59. The highest BCUT2D eigenvalue weighted by Crippen LogP contribution is 2.24. The average molecular weight is 354 g/mol. The van der Waals surface area contributed by atoms with Crippen molar-refractivity contribution in [3.63, 3.8) is 0 Å². The summed E-state index contributed by atoms with van der Waals surface area (Å²) in [6.45, 7) is 7.38. The van der Waals surface area contributed by atoms with E-state index in [4.69, 9.17) is 0 Å². The number of H-pyrrole nitrogens is 1. The highest BCUT2D eigenvalue weighted by molar-refractivity contribution is 7.09. The van der Waals surface area contributed by atoms with E-state index in [9.17, 15) is 0 Å². The van der Waals surface area contributed by atoms with E-state index in [0.29, 0.717) is 5.92 Å². The number of imidazole rings is 1. The van der Waals surface area contributed by atoms with E-state index in [1.807, 2.05) is 31.0 Å². The molecule has 4 rings (SSSR count). The number of likely N-dealkylation sites (tertiary alicyclic amines) is 1. The SMILES string of the molecule is Cc1cnc(-c2cnc(C[C@H]3CCN(Cc4scnc4C)C3)cn2)[nH]1. The van der Waals surface area contributed by atoms with Crippen LogP contribution in [0.2, 0.25) is 0 Å². The number of hydrogen-bond donors (Lipinski definition) is 1. The zero-order valence-electron chi connectivity index (χ0n) is 14.6. The van der Waals surface area contributed by atoms with Crippen molar-refractivity contribution in [1.82, 2.24) is 29.8 Å². The van der Waals surface area contributed by atoms with Crippen molar-refractivity contribution < 1.29 is 0 Å². The van der Waals surface area contributed by atoms with E-state index in [2.05, 4.69) is 36.7 Å². The Labute approximate surface area is 151 Å². The van der Waals surface area contributed by atoms with E-state index in [-0.39, 0.29) is 0 Å². The molecule has 4 heterocycles. The number of nitrogens with one attached hydrogen (secondary N) is 1. The van der Waals surface area contributed by atoms with Crippen molar-refractivity contribution in [3.05, 3.63) is 46.1 Å². The Balaban J connectivity index is 1.34. The third kappa shape index (κ3) is 3.77. The first-order valence-electron chi connectivity index (χ1n) is 8.61. The van der Waals surface area contributed by atoms with Crippen molar-refractivity contribution in [1.29, 1.82) is 0 Å². The molecule has 1 N–H and O–H groups in total. The van der Waals surface area contributed by atoms with Crippen LogP contribution in [0.25, 0.3) is 11.5 Å². The average Bonchev–Trinajstić information content (AvgIpc) is 3.32. The number of aryl methyl sites for hydroxylation is 2. The quantitative estimate of drug-likeness (QED) is 0.763. The maximum atomic E-state index is 4.59. The topological polar surface area (TPSA) is 70.6 Å². The first-order valence-corrected chi connectivity index (χ1v) is 9.49. The third-order valence-corrected chi connectivity index (χ3v) is 5.65. The van der Waals surface area contributed by atoms with Gasteiger partial charge in [0.15, 0.2) is 5.82 Å². The van der Waals surface area contributed by atoms with Crippen LogP contribution in [0, 0.1) is 19.8 Å². The second-order valence-electron chi connectivity index (χ2n) is 6.76. The van der Waals surface area contributed by atoms with Crippen LogP contribution in [0.1, 0.15) is 28.4 Å². The Morgan fingerprint density at radius 1 is 1.16 bits per heavy atom. The number of aromatic nitrogens is 5. The van der Waals surface area contributed by atoms with Gasteiger partial charge in [-0.05, 0) is 39.2 Å². The lowest BCUT2D eigenvalue weighted by Crippen LogP contribution is -2.20. The van der Waals surface area contributed by atoms with Gasteiger partial charge in [-0.15, -0.1) is 11.3 Å². The fourth-order valence-corrected chi connectivity index (χ4v) is 4.14. The van der Waals surface area contributed by atoms with Gasteiger partial charge in [0.2, 0.25) is 0 Å². The van der Waals surface area contributed by atoms with E-state index in [0.717, 1.165) is 49.0 Å². The fourth-order valence-electron chi connectivity index (χ4n) is 3.33. The molecular formula is C18H22N6S. The molecule has 1 fully saturated rings. The van der Waals surface area contributed by atoms with Gasteiger partial charge in [0.25, 0.3) is 0 Å². The molecule has 130 valence electrons. The summed E-state index contributed by atoms with van der Waals surface area (Å²) < 4.78 is 0. The van der Waals surface area contributed by atoms with Crippen molar-refractivity contribution in [2.75, 3.05) is 13.1 Å². The molecule has 6 nitrogen and oxygen atoms in total. The van der Waals surface area contributed by atoms with Gasteiger partial charge in [-0.25, -0.2) is 15.0 Å². The lowest BCUT2D eigenvalue weighted by molar-refractivity contribution is 0.318. The summed E-state index contributed by atoms with van der Waals surface area (Å²) in [5, 5.41) is 0. The number of nitrogens with zero attached hydrogens (tertiary/aromatic N) is 5. The zero-order valence-corrected chi connectivity index (χ0v) is 15.4. The molecule has 25 heavy (non-hydrogen) atoms. The summed E-state index contributed by atoms with van der Waals surface area (Å²) in [7, 11) is 0. The Morgan fingerprint density at radius 2 is 2.08 bits per heavy atom. The third-order valence-electron chi connectivity index (χ3n) is 4.73. The molecule has 3 aromatic heterocycles. The fraction of sp³-hybridized carbons (Fsp3) is 0.444. The van der Waals surface area contributed by atoms with Gasteiger partial charge < -0.3 is 4.98 Å². The lowest BCUT2D eigenvalue weighted by atomic mass is 10.0. The largest absolute Gasteiger partial charge is 0.341 e. The van der Waals surface area contributed by atoms with Crippen LogP contribution in [0.15, 0.2) is 24.1 Å². The number of rotatable bonds is 5. The van der Waals surface area contributed by atoms with E-state index < -0.39 is 0 Å². The molecule has 0 amide bonds. The van der Waals surface area contributed by atoms with Gasteiger partial charge in [0.1, 0.15) is 5.69 Å². The molecule has 3 aromatic rings. The van der Waals surface area contributed by atoms with Crippen LogP contribution in [0.3, 0.4) is 0 Å². The molecule has 0 aliphatic carbocycles. The highest BCUT2D eigenvalue weighted by Gasteiger charge is 2.24. The molecule has 0 aromatic carbocycles. The summed E-state index contributed by atoms with van der Waals surface area (Å²) in [4.78, 5) is 24.9. The smallest absolute Gasteiger partial charge is 0.157 e. The minimum atomic E-state index is 0.652. The predicted molar refractivity (Wildman–Crippen MR) is 98.3 cm³/mol. The number of aromatic amines is 1. The summed E-state index contributed by atoms with van der Waals surface area (Å²) >= 11 is 1.76. The lowest BCUT2D eigenvalue weighted by Gasteiger charge is -2.15. The Morgan fingerprint density at radius 3 is 2.76 bits per heavy atom. The molecule has 1 atom stereocenters. The van der Waals surface area contributed by atoms with Crippen LogP contribution < -0.4 is 0 Å². The molecule has 0 saturated carbocycles. The van der Waals surface area contributed by atoms with Crippen molar-refractivity contribution in [3.8, 4) is 11.5 Å². The first kappa shape index (κ1) is 16.4. The standard InChI is InChI=1S/C18H22N6S/c1-12-6-21-18(23-12)16-8-19-15(7-20-16)5-14-3-4-24(9-14)10-17-13(2)22-11-25-17/h6-8,11,14H,3-5,9-10H2,1-2H3,(H,21,23)/t14-/m1/s1. The van der Waals surface area contributed by atoms with Crippen molar-refractivity contribution in [2.24, 2.45) is 5.92 Å². The zero-order chi connectivity index (χ0) is 17.2. The first-order chi connectivity index (χ1) is 12.2. The van der Waals surface area contributed by atoms with Gasteiger partial charge in [0.05, 0.1) is 23.1 Å². The van der Waals surface area contributed by atoms with Crippen LogP contribution in [0.4, 0.5) is 0 Å². The van der Waals surface area contributed by atoms with E-state index >= 15 is 0 Å². The van der Waals surface area contributed by atoms with Crippen molar-refractivity contribution in [2.45, 2.75) is 33.2 Å². The summed E-state index contributed by atoms with van der Waals surface area (Å²) in [5.41, 5.74) is 6.00. The predicted octanol–water partition coefficient (Wildman–Crippen LogP) is 3.00. The minimum Gasteiger partial charge on any atom is -0.341 e. The second-order valence-corrected chi connectivity index (χ2v) is 7.70. The highest BCUT2D eigenvalue weighted by atomic mass is 32.1. The summed E-state index contributed by atoms with van der Waals surface area (Å²) in [5.74, 6) is 1.43. The Hall–Kier alpha value is -2.12. The maximum Gasteiger partial charge on any atom is 0.157 e. The van der Waals surface area contributed by atoms with Crippen LogP contribution in [0.5, 0.6) is 0 Å². The molecular weight excluding hydrogens is 332 g/mol. The monoisotopic (exact) mass is 354 g/mol. The van der Waals surface area contributed by atoms with Crippen molar-refractivity contribution >= 4 is 11.3 Å². The molecule has 0 spiro atoms. The number of hydrogen-bond acceptors (Lipinski definition) is 6. The molecule has 1 aliphatic rings. The molecule has 0 radical (unpaired) electrons. The van der Waals surface area contributed by atoms with Gasteiger partial charge in [-0.2, -0.15) is 0 Å². The van der Waals surface area contributed by atoms with Gasteiger partial charge in [-0.3, -0.25) is 9.88 Å². The van der Waals surface area contributed by atoms with E-state index in [1.165, 1.54) is 17.0 Å². The molecule has 7 heteroatoms. The summed E-state index contributed by atoms with van der Waals surface area (Å²) in [6.07, 6.45) is 7.73. The second kappa shape index (κ2) is 7.01. The van der Waals surface area contributed by atoms with E-state index in [1.54, 1.807) is 11.3 Å². The van der Waals surface area contributed by atoms with Crippen LogP contribution >= 0.6 is 11.3 Å². The van der Waals surface area contributed by atoms with Gasteiger partial charge in [-0.1, -0.05) is 0 Å². The van der Waals surface area contributed by atoms with Crippen LogP contribution in [-0.4, -0.2) is 42.9 Å². The number of thiazole rings is 1. The summed E-state index contributed by atoms with van der Waals surface area (Å²) in [6, 6.07) is 0. The molecule has 0 unspecified atom stereocenters. The minimum absolute atomic E-state index is 0.652. The molecule has 1 aliphatic heterocycles. The van der Waals surface area contributed by atoms with Gasteiger partial charge in [0, 0.05) is 36.1 Å².